The highest BCUT2D eigenvalue weighted by molar-refractivity contribution is 6.39. The SMILES string of the molecule is CN1CCC(NCCO)c2ccc(-c3cccc(-c4cccc(-c5ccc6c(n5)N(C)CCC6NCCO)c4Cl)c3Cl)nc21. The van der Waals surface area contributed by atoms with Gasteiger partial charge >= 0.3 is 0 Å². The molecule has 230 valence electrons. The Balaban J connectivity index is 1.35. The fourth-order valence-corrected chi connectivity index (χ4v) is 6.97. The highest BCUT2D eigenvalue weighted by atomic mass is 35.5. The van der Waals surface area contributed by atoms with Gasteiger partial charge in [0.05, 0.1) is 34.6 Å². The van der Waals surface area contributed by atoms with Crippen molar-refractivity contribution in [3.05, 3.63) is 81.8 Å². The van der Waals surface area contributed by atoms with Gasteiger partial charge in [0.2, 0.25) is 0 Å². The third-order valence-corrected chi connectivity index (χ3v) is 9.45. The van der Waals surface area contributed by atoms with Gasteiger partial charge in [0, 0.05) is 85.7 Å². The Bertz CT molecular complexity index is 1530. The largest absolute Gasteiger partial charge is 0.395 e. The predicted octanol–water partition coefficient (Wildman–Crippen LogP) is 5.71. The van der Waals surface area contributed by atoms with Gasteiger partial charge in [-0.2, -0.15) is 0 Å². The Morgan fingerprint density at radius 1 is 0.659 bits per heavy atom. The first-order chi connectivity index (χ1) is 21.4. The standard InChI is InChI=1S/C34H38Cl2N6O2/c1-41-17-13-27(37-15-19-43)25-9-11-29(39-33(25)41)23-7-3-5-21(31(23)35)22-6-4-8-24(32(22)36)30-12-10-26-28(38-16-20-44)14-18-42(2)34(26)40-30/h3-12,27-28,37-38,43-44H,13-20H2,1-2H3. The molecule has 2 aromatic heterocycles. The second-order valence-corrected chi connectivity index (χ2v) is 12.2. The molecule has 8 nitrogen and oxygen atoms in total. The summed E-state index contributed by atoms with van der Waals surface area (Å²) >= 11 is 14.3. The minimum Gasteiger partial charge on any atom is -0.395 e. The van der Waals surface area contributed by atoms with Crippen LogP contribution in [0.25, 0.3) is 33.6 Å². The quantitative estimate of drug-likeness (QED) is 0.186. The third kappa shape index (κ3) is 5.90. The highest BCUT2D eigenvalue weighted by Gasteiger charge is 2.27. The van der Waals surface area contributed by atoms with Crippen molar-refractivity contribution in [3.8, 4) is 33.6 Å². The summed E-state index contributed by atoms with van der Waals surface area (Å²) in [6.07, 6.45) is 1.90. The lowest BCUT2D eigenvalue weighted by atomic mass is 9.95. The predicted molar refractivity (Wildman–Crippen MR) is 180 cm³/mol. The van der Waals surface area contributed by atoms with E-state index in [1.165, 1.54) is 0 Å². The van der Waals surface area contributed by atoms with E-state index in [0.717, 1.165) is 82.3 Å². The van der Waals surface area contributed by atoms with E-state index in [9.17, 15) is 10.2 Å². The van der Waals surface area contributed by atoms with E-state index >= 15 is 0 Å². The molecule has 44 heavy (non-hydrogen) atoms. The molecular formula is C34H38Cl2N6O2. The van der Waals surface area contributed by atoms with Gasteiger partial charge < -0.3 is 30.6 Å². The van der Waals surface area contributed by atoms with Crippen LogP contribution in [0.1, 0.15) is 36.1 Å². The summed E-state index contributed by atoms with van der Waals surface area (Å²) in [5.41, 5.74) is 7.16. The average molecular weight is 634 g/mol. The van der Waals surface area contributed by atoms with E-state index in [1.807, 2.05) is 48.5 Å². The fraction of sp³-hybridized carbons (Fsp3) is 0.353. The number of rotatable bonds is 9. The molecule has 4 heterocycles. The third-order valence-electron chi connectivity index (χ3n) is 8.64. The lowest BCUT2D eigenvalue weighted by Crippen LogP contribution is -2.35. The van der Waals surface area contributed by atoms with Crippen molar-refractivity contribution in [2.45, 2.75) is 24.9 Å². The Hall–Kier alpha value is -3.24. The molecule has 0 spiro atoms. The second-order valence-electron chi connectivity index (χ2n) is 11.4. The zero-order valence-corrected chi connectivity index (χ0v) is 26.5. The first-order valence-corrected chi connectivity index (χ1v) is 15.9. The van der Waals surface area contributed by atoms with Crippen molar-refractivity contribution < 1.29 is 10.2 Å². The summed E-state index contributed by atoms with van der Waals surface area (Å²) in [7, 11) is 4.11. The average Bonchev–Trinajstić information content (AvgIpc) is 3.04. The zero-order chi connectivity index (χ0) is 30.8. The van der Waals surface area contributed by atoms with Gasteiger partial charge in [0.15, 0.2) is 0 Å². The molecule has 2 aromatic carbocycles. The monoisotopic (exact) mass is 632 g/mol. The van der Waals surface area contributed by atoms with Crippen LogP contribution >= 0.6 is 23.2 Å². The Kier molecular flexibility index (Phi) is 9.37. The summed E-state index contributed by atoms with van der Waals surface area (Å²) in [6.45, 7) is 3.03. The molecule has 0 fully saturated rings. The van der Waals surface area contributed by atoms with Crippen LogP contribution in [-0.2, 0) is 0 Å². The Labute approximate surface area is 268 Å². The lowest BCUT2D eigenvalue weighted by Gasteiger charge is -2.33. The van der Waals surface area contributed by atoms with Crippen molar-refractivity contribution >= 4 is 34.8 Å². The number of pyridine rings is 2. The number of benzene rings is 2. The normalized spacial score (nSPS) is 17.9. The molecule has 10 heteroatoms. The molecule has 0 saturated heterocycles. The number of hydrogen-bond acceptors (Lipinski definition) is 8. The van der Waals surface area contributed by atoms with Crippen molar-refractivity contribution in [1.29, 1.82) is 0 Å². The first-order valence-electron chi connectivity index (χ1n) is 15.1. The van der Waals surface area contributed by atoms with Gasteiger partial charge in [-0.15, -0.1) is 0 Å². The van der Waals surface area contributed by atoms with E-state index < -0.39 is 0 Å². The van der Waals surface area contributed by atoms with Gasteiger partial charge in [0.25, 0.3) is 0 Å². The number of fused-ring (bicyclic) bond motifs is 2. The van der Waals surface area contributed by atoms with Crippen molar-refractivity contribution in [2.75, 3.05) is 63.3 Å². The van der Waals surface area contributed by atoms with Crippen LogP contribution in [0.2, 0.25) is 10.0 Å². The van der Waals surface area contributed by atoms with E-state index in [4.69, 9.17) is 33.2 Å². The number of aromatic nitrogens is 2. The van der Waals surface area contributed by atoms with E-state index in [2.05, 4.69) is 46.7 Å². The molecule has 2 aliphatic rings. The van der Waals surface area contributed by atoms with Gasteiger partial charge in [-0.3, -0.25) is 0 Å². The number of nitrogens with one attached hydrogen (secondary N) is 2. The molecule has 2 aliphatic heterocycles. The molecule has 0 bridgehead atoms. The number of anilines is 2. The second kappa shape index (κ2) is 13.4. The van der Waals surface area contributed by atoms with Gasteiger partial charge in [-0.05, 0) is 25.0 Å². The summed E-state index contributed by atoms with van der Waals surface area (Å²) in [5.74, 6) is 1.84. The van der Waals surface area contributed by atoms with Gasteiger partial charge in [0.1, 0.15) is 11.6 Å². The number of halogens is 2. The van der Waals surface area contributed by atoms with Crippen LogP contribution in [0.4, 0.5) is 11.6 Å². The number of aliphatic hydroxyl groups excluding tert-OH is 2. The molecule has 6 rings (SSSR count). The number of hydrogen-bond donors (Lipinski definition) is 4. The molecule has 0 aliphatic carbocycles. The minimum absolute atomic E-state index is 0.0995. The Morgan fingerprint density at radius 3 is 1.48 bits per heavy atom. The van der Waals surface area contributed by atoms with Crippen molar-refractivity contribution in [2.24, 2.45) is 0 Å². The smallest absolute Gasteiger partial charge is 0.133 e. The highest BCUT2D eigenvalue weighted by Crippen LogP contribution is 2.43. The number of aliphatic hydroxyl groups is 2. The topological polar surface area (TPSA) is 96.8 Å². The van der Waals surface area contributed by atoms with E-state index in [1.54, 1.807) is 0 Å². The molecular weight excluding hydrogens is 595 g/mol. The molecule has 0 amide bonds. The minimum atomic E-state index is 0.0995. The maximum Gasteiger partial charge on any atom is 0.133 e. The first kappa shape index (κ1) is 30.8. The summed E-state index contributed by atoms with van der Waals surface area (Å²) < 4.78 is 0. The van der Waals surface area contributed by atoms with Crippen LogP contribution in [0.5, 0.6) is 0 Å². The van der Waals surface area contributed by atoms with Crippen LogP contribution < -0.4 is 20.4 Å². The maximum absolute atomic E-state index is 9.31. The van der Waals surface area contributed by atoms with Crippen LogP contribution in [0.15, 0.2) is 60.7 Å². The van der Waals surface area contributed by atoms with Crippen molar-refractivity contribution in [1.82, 2.24) is 20.6 Å². The van der Waals surface area contributed by atoms with Crippen LogP contribution in [0.3, 0.4) is 0 Å². The van der Waals surface area contributed by atoms with Gasteiger partial charge in [-0.1, -0.05) is 71.7 Å². The molecule has 0 radical (unpaired) electrons. The van der Waals surface area contributed by atoms with E-state index in [0.29, 0.717) is 23.1 Å². The van der Waals surface area contributed by atoms with Gasteiger partial charge in [-0.25, -0.2) is 9.97 Å². The summed E-state index contributed by atoms with van der Waals surface area (Å²) in [4.78, 5) is 14.4. The molecule has 0 saturated carbocycles. The maximum atomic E-state index is 9.31. The summed E-state index contributed by atoms with van der Waals surface area (Å²) in [5, 5.41) is 26.6. The Morgan fingerprint density at radius 2 is 1.07 bits per heavy atom. The fourth-order valence-electron chi connectivity index (χ4n) is 6.32. The lowest BCUT2D eigenvalue weighted by molar-refractivity contribution is 0.281. The molecule has 4 aromatic rings. The molecule has 2 atom stereocenters. The number of nitrogens with zero attached hydrogens (tertiary/aromatic N) is 4. The van der Waals surface area contributed by atoms with E-state index in [-0.39, 0.29) is 25.3 Å². The zero-order valence-electron chi connectivity index (χ0n) is 25.0. The molecule has 4 N–H and O–H groups in total. The van der Waals surface area contributed by atoms with Crippen LogP contribution in [0, 0.1) is 0 Å². The molecule has 2 unspecified atom stereocenters. The van der Waals surface area contributed by atoms with Crippen molar-refractivity contribution in [3.63, 3.8) is 0 Å². The summed E-state index contributed by atoms with van der Waals surface area (Å²) in [6, 6.07) is 20.5. The van der Waals surface area contributed by atoms with Crippen LogP contribution in [-0.4, -0.2) is 73.7 Å².